The van der Waals surface area contributed by atoms with E-state index >= 15 is 0 Å². The predicted molar refractivity (Wildman–Crippen MR) is 84.9 cm³/mol. The van der Waals surface area contributed by atoms with Gasteiger partial charge in [-0.15, -0.1) is 0 Å². The normalized spacial score (nSPS) is 10.6. The summed E-state index contributed by atoms with van der Waals surface area (Å²) in [6, 6.07) is 15.0. The van der Waals surface area contributed by atoms with E-state index < -0.39 is 0 Å². The number of rotatable bonds is 5. The Morgan fingerprint density at radius 2 is 1.48 bits per heavy atom. The topological polar surface area (TPSA) is 29.5 Å². The number of hydrogen-bond donors (Lipinski definition) is 0. The average Bonchev–Trinajstić information content (AvgIpc) is 2.48. The van der Waals surface area contributed by atoms with Gasteiger partial charge in [0, 0.05) is 31.9 Å². The lowest BCUT2D eigenvalue weighted by Gasteiger charge is -2.06. The van der Waals surface area contributed by atoms with Crippen LogP contribution in [0.5, 0.6) is 11.5 Å². The maximum absolute atomic E-state index is 11.9. The average molecular weight is 281 g/mol. The lowest BCUT2D eigenvalue weighted by atomic mass is 10.1. The van der Waals surface area contributed by atoms with Crippen molar-refractivity contribution >= 4 is 5.78 Å². The molecule has 0 aliphatic rings. The first-order valence-corrected chi connectivity index (χ1v) is 6.78. The number of ketones is 1. The zero-order valence-corrected chi connectivity index (χ0v) is 12.5. The minimum Gasteiger partial charge on any atom is -0.457 e. The highest BCUT2D eigenvalue weighted by molar-refractivity contribution is 6.04. The van der Waals surface area contributed by atoms with Gasteiger partial charge in [0.25, 0.3) is 0 Å². The Kier molecular flexibility index (Phi) is 4.77. The van der Waals surface area contributed by atoms with Crippen LogP contribution in [0.4, 0.5) is 0 Å². The summed E-state index contributed by atoms with van der Waals surface area (Å²) in [6.07, 6.45) is 3.29. The van der Waals surface area contributed by atoms with Gasteiger partial charge in [-0.25, -0.2) is 0 Å². The third kappa shape index (κ3) is 4.49. The van der Waals surface area contributed by atoms with Crippen LogP contribution in [-0.4, -0.2) is 24.8 Å². The maximum Gasteiger partial charge on any atom is 0.187 e. The number of allylic oxidation sites excluding steroid dienone is 1. The Morgan fingerprint density at radius 3 is 2.00 bits per heavy atom. The van der Waals surface area contributed by atoms with Crippen LogP contribution in [0.1, 0.15) is 15.9 Å². The van der Waals surface area contributed by atoms with Crippen LogP contribution in [0.25, 0.3) is 0 Å². The van der Waals surface area contributed by atoms with E-state index in [1.54, 1.807) is 36.5 Å². The van der Waals surface area contributed by atoms with E-state index in [9.17, 15) is 4.79 Å². The molecule has 0 spiro atoms. The first kappa shape index (κ1) is 14.9. The van der Waals surface area contributed by atoms with E-state index in [2.05, 4.69) is 0 Å². The van der Waals surface area contributed by atoms with E-state index in [-0.39, 0.29) is 5.78 Å². The first-order valence-electron chi connectivity index (χ1n) is 6.78. The highest BCUT2D eigenvalue weighted by atomic mass is 16.5. The van der Waals surface area contributed by atoms with Gasteiger partial charge in [-0.3, -0.25) is 4.79 Å². The molecule has 0 aliphatic heterocycles. The van der Waals surface area contributed by atoms with Gasteiger partial charge in [0.2, 0.25) is 0 Å². The van der Waals surface area contributed by atoms with Gasteiger partial charge in [0.1, 0.15) is 11.5 Å². The lowest BCUT2D eigenvalue weighted by Crippen LogP contribution is -2.03. The quantitative estimate of drug-likeness (QED) is 0.612. The van der Waals surface area contributed by atoms with E-state index in [4.69, 9.17) is 4.74 Å². The number of carbonyl (C=O) groups excluding carboxylic acids is 1. The van der Waals surface area contributed by atoms with Crippen LogP contribution in [0.15, 0.2) is 60.8 Å². The van der Waals surface area contributed by atoms with Gasteiger partial charge >= 0.3 is 0 Å². The lowest BCUT2D eigenvalue weighted by molar-refractivity contribution is 0.104. The number of hydrogen-bond acceptors (Lipinski definition) is 3. The van der Waals surface area contributed by atoms with Gasteiger partial charge < -0.3 is 9.64 Å². The molecule has 0 N–H and O–H groups in total. The molecule has 0 saturated carbocycles. The fourth-order valence-electron chi connectivity index (χ4n) is 1.74. The van der Waals surface area contributed by atoms with Gasteiger partial charge in [0.05, 0.1) is 0 Å². The summed E-state index contributed by atoms with van der Waals surface area (Å²) in [7, 11) is 3.75. The minimum absolute atomic E-state index is 0.0226. The minimum atomic E-state index is -0.0226. The predicted octanol–water partition coefficient (Wildman–Crippen LogP) is 4.05. The summed E-state index contributed by atoms with van der Waals surface area (Å²) < 4.78 is 5.73. The summed E-state index contributed by atoms with van der Waals surface area (Å²) >= 11 is 0. The third-order valence-electron chi connectivity index (χ3n) is 2.92. The van der Waals surface area contributed by atoms with Crippen molar-refractivity contribution in [2.24, 2.45) is 0 Å². The molecule has 0 unspecified atom stereocenters. The molecule has 21 heavy (non-hydrogen) atoms. The summed E-state index contributed by atoms with van der Waals surface area (Å²) in [5.74, 6) is 1.48. The van der Waals surface area contributed by atoms with Crippen molar-refractivity contribution in [3.05, 3.63) is 71.9 Å². The largest absolute Gasteiger partial charge is 0.457 e. The zero-order chi connectivity index (χ0) is 15.2. The molecule has 0 bridgehead atoms. The first-order chi connectivity index (χ1) is 10.0. The van der Waals surface area contributed by atoms with Crippen molar-refractivity contribution in [3.63, 3.8) is 0 Å². The fraction of sp³-hybridized carbons (Fsp3) is 0.167. The molecule has 0 atom stereocenters. The van der Waals surface area contributed by atoms with Gasteiger partial charge in [-0.1, -0.05) is 17.7 Å². The van der Waals surface area contributed by atoms with Crippen molar-refractivity contribution in [1.29, 1.82) is 0 Å². The summed E-state index contributed by atoms with van der Waals surface area (Å²) in [5.41, 5.74) is 1.83. The van der Waals surface area contributed by atoms with E-state index in [0.717, 1.165) is 5.75 Å². The van der Waals surface area contributed by atoms with Crippen molar-refractivity contribution in [2.75, 3.05) is 14.1 Å². The Hall–Kier alpha value is -2.55. The molecule has 0 aromatic heterocycles. The molecule has 3 heteroatoms. The van der Waals surface area contributed by atoms with Crippen LogP contribution in [0.2, 0.25) is 0 Å². The molecule has 0 fully saturated rings. The van der Waals surface area contributed by atoms with Crippen molar-refractivity contribution in [3.8, 4) is 11.5 Å². The van der Waals surface area contributed by atoms with Crippen LogP contribution in [0.3, 0.4) is 0 Å². The molecule has 2 aromatic carbocycles. The zero-order valence-electron chi connectivity index (χ0n) is 12.5. The Morgan fingerprint density at radius 1 is 0.952 bits per heavy atom. The maximum atomic E-state index is 11.9. The second kappa shape index (κ2) is 6.75. The SMILES string of the molecule is Cc1ccc(Oc2ccc(C(=O)/C=C\N(C)C)cc2)cc1. The Balaban J connectivity index is 2.05. The number of benzene rings is 2. The van der Waals surface area contributed by atoms with Crippen LogP contribution in [0, 0.1) is 6.92 Å². The number of ether oxygens (including phenoxy) is 1. The second-order valence-electron chi connectivity index (χ2n) is 5.08. The molecule has 108 valence electrons. The van der Waals surface area contributed by atoms with E-state index in [1.807, 2.05) is 50.2 Å². The second-order valence-corrected chi connectivity index (χ2v) is 5.08. The van der Waals surface area contributed by atoms with Crippen LogP contribution >= 0.6 is 0 Å². The van der Waals surface area contributed by atoms with Gasteiger partial charge in [0.15, 0.2) is 5.78 Å². The molecule has 0 radical (unpaired) electrons. The van der Waals surface area contributed by atoms with Gasteiger partial charge in [-0.2, -0.15) is 0 Å². The van der Waals surface area contributed by atoms with Gasteiger partial charge in [-0.05, 0) is 43.3 Å². The monoisotopic (exact) mass is 281 g/mol. The van der Waals surface area contributed by atoms with Crippen LogP contribution in [-0.2, 0) is 0 Å². The molecule has 0 heterocycles. The van der Waals surface area contributed by atoms with E-state index in [1.165, 1.54) is 5.56 Å². The summed E-state index contributed by atoms with van der Waals surface area (Å²) in [5, 5.41) is 0. The third-order valence-corrected chi connectivity index (χ3v) is 2.92. The molecule has 2 rings (SSSR count). The van der Waals surface area contributed by atoms with Crippen molar-refractivity contribution in [2.45, 2.75) is 6.92 Å². The number of carbonyl (C=O) groups is 1. The standard InChI is InChI=1S/C18H19NO2/c1-14-4-8-16(9-5-14)21-17-10-6-15(7-11-17)18(20)12-13-19(2)3/h4-13H,1-3H3/b13-12-. The molecule has 3 nitrogen and oxygen atoms in total. The molecule has 2 aromatic rings. The smallest absolute Gasteiger partial charge is 0.187 e. The van der Waals surface area contributed by atoms with Crippen molar-refractivity contribution < 1.29 is 9.53 Å². The molecule has 0 aliphatic carbocycles. The molecule has 0 saturated heterocycles. The highest BCUT2D eigenvalue weighted by Gasteiger charge is 2.03. The fourth-order valence-corrected chi connectivity index (χ4v) is 1.74. The summed E-state index contributed by atoms with van der Waals surface area (Å²) in [6.45, 7) is 2.03. The number of aryl methyl sites for hydroxylation is 1. The van der Waals surface area contributed by atoms with Crippen LogP contribution < -0.4 is 4.74 Å². The molecular weight excluding hydrogens is 262 g/mol. The number of nitrogens with zero attached hydrogens (tertiary/aromatic N) is 1. The van der Waals surface area contributed by atoms with E-state index in [0.29, 0.717) is 11.3 Å². The Labute approximate surface area is 125 Å². The summed E-state index contributed by atoms with van der Waals surface area (Å²) in [4.78, 5) is 13.7. The Bertz CT molecular complexity index is 625. The van der Waals surface area contributed by atoms with Crippen molar-refractivity contribution in [1.82, 2.24) is 4.90 Å². The molecular formula is C18H19NO2. The molecule has 0 amide bonds. The highest BCUT2D eigenvalue weighted by Crippen LogP contribution is 2.22.